The largest absolute Gasteiger partial charge is 0.352 e. The van der Waals surface area contributed by atoms with Crippen LogP contribution >= 0.6 is 11.6 Å². The van der Waals surface area contributed by atoms with Gasteiger partial charge >= 0.3 is 0 Å². The Morgan fingerprint density at radius 2 is 1.77 bits per heavy atom. The Bertz CT molecular complexity index is 764. The first-order valence-corrected chi connectivity index (χ1v) is 7.27. The molecular formula is C17H15ClFN3. The first-order chi connectivity index (χ1) is 10.6. The second-order valence-corrected chi connectivity index (χ2v) is 5.45. The Kier molecular flexibility index (Phi) is 4.11. The van der Waals surface area contributed by atoms with E-state index in [1.165, 1.54) is 12.1 Å². The summed E-state index contributed by atoms with van der Waals surface area (Å²) in [7, 11) is 1.95. The zero-order valence-electron chi connectivity index (χ0n) is 12.1. The van der Waals surface area contributed by atoms with Gasteiger partial charge in [0.2, 0.25) is 5.95 Å². The molecule has 2 aromatic carbocycles. The van der Waals surface area contributed by atoms with Crippen molar-refractivity contribution in [1.29, 1.82) is 0 Å². The summed E-state index contributed by atoms with van der Waals surface area (Å²) >= 11 is 5.91. The number of rotatable bonds is 4. The van der Waals surface area contributed by atoms with Gasteiger partial charge in [0.25, 0.3) is 0 Å². The number of benzene rings is 2. The smallest absolute Gasteiger partial charge is 0.203 e. The molecule has 0 aliphatic rings. The van der Waals surface area contributed by atoms with Gasteiger partial charge in [0, 0.05) is 18.6 Å². The topological polar surface area (TPSA) is 29.9 Å². The summed E-state index contributed by atoms with van der Waals surface area (Å²) in [4.78, 5) is 4.39. The average Bonchev–Trinajstić information content (AvgIpc) is 2.89. The fourth-order valence-electron chi connectivity index (χ4n) is 2.25. The van der Waals surface area contributed by atoms with Gasteiger partial charge in [0.05, 0.1) is 11.9 Å². The molecule has 3 nitrogen and oxygen atoms in total. The Morgan fingerprint density at radius 1 is 1.09 bits per heavy atom. The van der Waals surface area contributed by atoms with Crippen LogP contribution in [0.5, 0.6) is 0 Å². The molecule has 0 fully saturated rings. The van der Waals surface area contributed by atoms with Crippen LogP contribution in [0.25, 0.3) is 11.3 Å². The van der Waals surface area contributed by atoms with E-state index < -0.39 is 0 Å². The number of imidazole rings is 1. The normalized spacial score (nSPS) is 10.7. The van der Waals surface area contributed by atoms with E-state index in [-0.39, 0.29) is 5.82 Å². The molecule has 22 heavy (non-hydrogen) atoms. The molecular weight excluding hydrogens is 301 g/mol. The summed E-state index contributed by atoms with van der Waals surface area (Å²) in [6.45, 7) is 0.588. The van der Waals surface area contributed by atoms with Gasteiger partial charge in [-0.05, 0) is 35.4 Å². The van der Waals surface area contributed by atoms with Gasteiger partial charge in [-0.25, -0.2) is 9.37 Å². The van der Waals surface area contributed by atoms with Crippen molar-refractivity contribution in [3.05, 3.63) is 71.1 Å². The molecule has 3 aromatic rings. The quantitative estimate of drug-likeness (QED) is 0.768. The zero-order valence-corrected chi connectivity index (χ0v) is 12.8. The maximum absolute atomic E-state index is 12.9. The molecule has 0 amide bonds. The molecule has 0 saturated carbocycles. The van der Waals surface area contributed by atoms with Gasteiger partial charge in [-0.15, -0.1) is 0 Å². The average molecular weight is 316 g/mol. The van der Waals surface area contributed by atoms with E-state index in [0.717, 1.165) is 22.8 Å². The molecule has 1 heterocycles. The summed E-state index contributed by atoms with van der Waals surface area (Å²) in [6.07, 6.45) is 1.82. The molecule has 0 spiro atoms. The van der Waals surface area contributed by atoms with Crippen LogP contribution in [0.2, 0.25) is 5.02 Å². The predicted molar refractivity (Wildman–Crippen MR) is 87.4 cm³/mol. The molecule has 112 valence electrons. The number of halogens is 2. The van der Waals surface area contributed by atoms with Crippen molar-refractivity contribution in [1.82, 2.24) is 9.55 Å². The van der Waals surface area contributed by atoms with Crippen LogP contribution in [0.4, 0.5) is 10.3 Å². The number of nitrogens with one attached hydrogen (secondary N) is 1. The van der Waals surface area contributed by atoms with E-state index in [2.05, 4.69) is 10.3 Å². The minimum Gasteiger partial charge on any atom is -0.352 e. The molecule has 0 unspecified atom stereocenters. The lowest BCUT2D eigenvalue weighted by atomic mass is 10.2. The second kappa shape index (κ2) is 6.20. The third-order valence-electron chi connectivity index (χ3n) is 3.49. The van der Waals surface area contributed by atoms with Crippen molar-refractivity contribution in [2.24, 2.45) is 7.05 Å². The van der Waals surface area contributed by atoms with Crippen LogP contribution in [0.3, 0.4) is 0 Å². The number of nitrogens with zero attached hydrogens (tertiary/aromatic N) is 2. The van der Waals surface area contributed by atoms with Crippen molar-refractivity contribution in [2.45, 2.75) is 6.54 Å². The first kappa shape index (κ1) is 14.6. The minimum atomic E-state index is -0.231. The minimum absolute atomic E-state index is 0.231. The molecule has 0 aliphatic heterocycles. The molecule has 0 radical (unpaired) electrons. The van der Waals surface area contributed by atoms with Crippen LogP contribution < -0.4 is 5.32 Å². The first-order valence-electron chi connectivity index (χ1n) is 6.89. The van der Waals surface area contributed by atoms with E-state index in [0.29, 0.717) is 11.6 Å². The maximum Gasteiger partial charge on any atom is 0.203 e. The molecule has 0 atom stereocenters. The van der Waals surface area contributed by atoms with Crippen LogP contribution in [0, 0.1) is 5.82 Å². The van der Waals surface area contributed by atoms with E-state index in [1.54, 1.807) is 12.1 Å². The summed E-state index contributed by atoms with van der Waals surface area (Å²) in [6, 6.07) is 14.1. The molecule has 3 rings (SSSR count). The van der Waals surface area contributed by atoms with Crippen molar-refractivity contribution in [3.63, 3.8) is 0 Å². The van der Waals surface area contributed by atoms with E-state index in [4.69, 9.17) is 11.6 Å². The zero-order chi connectivity index (χ0) is 15.5. The standard InChI is InChI=1S/C17H15ClFN3/c1-22-16(13-4-6-14(18)7-5-13)11-21-17(22)20-10-12-2-8-15(19)9-3-12/h2-9,11H,10H2,1H3,(H,20,21). The lowest BCUT2D eigenvalue weighted by Crippen LogP contribution is -2.05. The van der Waals surface area contributed by atoms with Gasteiger partial charge in [0.1, 0.15) is 5.82 Å². The maximum atomic E-state index is 12.9. The predicted octanol–water partition coefficient (Wildman–Crippen LogP) is 4.49. The Hall–Kier alpha value is -2.33. The number of anilines is 1. The summed E-state index contributed by atoms with van der Waals surface area (Å²) < 4.78 is 14.9. The van der Waals surface area contributed by atoms with Crippen LogP contribution in [0.15, 0.2) is 54.7 Å². The summed E-state index contributed by atoms with van der Waals surface area (Å²) in [5.74, 6) is 0.528. The highest BCUT2D eigenvalue weighted by molar-refractivity contribution is 6.30. The second-order valence-electron chi connectivity index (χ2n) is 5.01. The fourth-order valence-corrected chi connectivity index (χ4v) is 2.37. The van der Waals surface area contributed by atoms with Gasteiger partial charge in [-0.3, -0.25) is 0 Å². The molecule has 0 aliphatic carbocycles. The van der Waals surface area contributed by atoms with Gasteiger partial charge in [0.15, 0.2) is 0 Å². The van der Waals surface area contributed by atoms with Crippen molar-refractivity contribution in [3.8, 4) is 11.3 Å². The van der Waals surface area contributed by atoms with Crippen molar-refractivity contribution < 1.29 is 4.39 Å². The number of hydrogen-bond acceptors (Lipinski definition) is 2. The third kappa shape index (κ3) is 3.12. The van der Waals surface area contributed by atoms with Gasteiger partial charge in [-0.1, -0.05) is 35.9 Å². The van der Waals surface area contributed by atoms with E-state index in [9.17, 15) is 4.39 Å². The van der Waals surface area contributed by atoms with Crippen molar-refractivity contribution >= 4 is 17.5 Å². The van der Waals surface area contributed by atoms with Gasteiger partial charge < -0.3 is 9.88 Å². The van der Waals surface area contributed by atoms with E-state index >= 15 is 0 Å². The van der Waals surface area contributed by atoms with Crippen LogP contribution in [-0.2, 0) is 13.6 Å². The summed E-state index contributed by atoms with van der Waals surface area (Å²) in [5, 5.41) is 3.96. The Labute approximate surface area is 133 Å². The number of aromatic nitrogens is 2. The van der Waals surface area contributed by atoms with Gasteiger partial charge in [-0.2, -0.15) is 0 Å². The number of hydrogen-bond donors (Lipinski definition) is 1. The summed E-state index contributed by atoms with van der Waals surface area (Å²) in [5.41, 5.74) is 3.05. The highest BCUT2D eigenvalue weighted by Crippen LogP contribution is 2.23. The molecule has 1 aromatic heterocycles. The lowest BCUT2D eigenvalue weighted by Gasteiger charge is -2.08. The van der Waals surface area contributed by atoms with Crippen LogP contribution in [-0.4, -0.2) is 9.55 Å². The SMILES string of the molecule is Cn1c(-c2ccc(Cl)cc2)cnc1NCc1ccc(F)cc1. The highest BCUT2D eigenvalue weighted by atomic mass is 35.5. The Balaban J connectivity index is 1.75. The lowest BCUT2D eigenvalue weighted by molar-refractivity contribution is 0.627. The molecule has 0 saturated heterocycles. The molecule has 0 bridgehead atoms. The van der Waals surface area contributed by atoms with Crippen molar-refractivity contribution in [2.75, 3.05) is 5.32 Å². The highest BCUT2D eigenvalue weighted by Gasteiger charge is 2.08. The molecule has 1 N–H and O–H groups in total. The molecule has 5 heteroatoms. The Morgan fingerprint density at radius 3 is 2.45 bits per heavy atom. The fraction of sp³-hybridized carbons (Fsp3) is 0.118. The monoisotopic (exact) mass is 315 g/mol. The van der Waals surface area contributed by atoms with E-state index in [1.807, 2.05) is 42.1 Å². The van der Waals surface area contributed by atoms with Crippen LogP contribution in [0.1, 0.15) is 5.56 Å². The third-order valence-corrected chi connectivity index (χ3v) is 3.74.